The molecule has 0 unspecified atom stereocenters. The van der Waals surface area contributed by atoms with Crippen LogP contribution in [0.4, 0.5) is 0 Å². The lowest BCUT2D eigenvalue weighted by Gasteiger charge is -2.25. The maximum atomic E-state index is 14.2. The van der Waals surface area contributed by atoms with Crippen molar-refractivity contribution in [2.75, 3.05) is 13.7 Å². The molecule has 8 nitrogen and oxygen atoms in total. The second-order valence-electron chi connectivity index (χ2n) is 10.5. The number of hydrogen-bond acceptors (Lipinski definition) is 8. The molecule has 2 heterocycles. The second-order valence-corrected chi connectivity index (χ2v) is 12.8. The maximum absolute atomic E-state index is 14.2. The zero-order chi connectivity index (χ0) is 32.2. The number of nitrogens with zero attached hydrogens (tertiary/aromatic N) is 2. The SMILES string of the molecule is CCOC(=O)C1=C(C)N=c2s/c(=C/c3cc(Cl)ccc3OCc3ccc(Br)cc3)c(=O)n2[C@@H]1c1ccc(OC(C)C)c(OC)c1. The molecule has 0 radical (unpaired) electrons. The number of carbonyl (C=O) groups excluding carboxylic acids is 1. The molecule has 234 valence electrons. The summed E-state index contributed by atoms with van der Waals surface area (Å²) in [6, 6.07) is 17.7. The van der Waals surface area contributed by atoms with Gasteiger partial charge < -0.3 is 18.9 Å². The van der Waals surface area contributed by atoms with Crippen LogP contribution in [0.25, 0.3) is 6.08 Å². The third-order valence-electron chi connectivity index (χ3n) is 6.95. The Morgan fingerprint density at radius 1 is 1.09 bits per heavy atom. The molecule has 0 bridgehead atoms. The fraction of sp³-hybridized carbons (Fsp3) is 0.265. The van der Waals surface area contributed by atoms with E-state index in [1.165, 1.54) is 15.9 Å². The Morgan fingerprint density at radius 3 is 2.51 bits per heavy atom. The minimum absolute atomic E-state index is 0.0742. The molecule has 4 aromatic rings. The van der Waals surface area contributed by atoms with Crippen molar-refractivity contribution in [1.29, 1.82) is 0 Å². The Hall–Kier alpha value is -3.86. The van der Waals surface area contributed by atoms with E-state index >= 15 is 0 Å². The smallest absolute Gasteiger partial charge is 0.338 e. The van der Waals surface area contributed by atoms with E-state index in [1.54, 1.807) is 57.4 Å². The molecule has 0 fully saturated rings. The number of esters is 1. The molecule has 0 saturated heterocycles. The number of allylic oxidation sites excluding steroid dienone is 1. The molecule has 0 amide bonds. The number of halogens is 2. The van der Waals surface area contributed by atoms with Gasteiger partial charge in [0.2, 0.25) is 0 Å². The number of thiazole rings is 1. The van der Waals surface area contributed by atoms with E-state index in [-0.39, 0.29) is 23.8 Å². The molecule has 1 aliphatic rings. The predicted molar refractivity (Wildman–Crippen MR) is 179 cm³/mol. The van der Waals surface area contributed by atoms with E-state index < -0.39 is 12.0 Å². The van der Waals surface area contributed by atoms with Crippen molar-refractivity contribution in [3.8, 4) is 17.2 Å². The van der Waals surface area contributed by atoms with Gasteiger partial charge in [-0.05, 0) is 87.4 Å². The Kier molecular flexibility index (Phi) is 10.2. The monoisotopic (exact) mass is 710 g/mol. The highest BCUT2D eigenvalue weighted by molar-refractivity contribution is 9.10. The van der Waals surface area contributed by atoms with E-state index in [0.717, 1.165) is 10.0 Å². The Bertz CT molecular complexity index is 1950. The first-order valence-corrected chi connectivity index (χ1v) is 16.3. The zero-order valence-corrected chi connectivity index (χ0v) is 28.6. The number of carbonyl (C=O) groups is 1. The first-order valence-electron chi connectivity index (χ1n) is 14.3. The van der Waals surface area contributed by atoms with Crippen LogP contribution in [0.5, 0.6) is 17.2 Å². The molecule has 1 aliphatic heterocycles. The summed E-state index contributed by atoms with van der Waals surface area (Å²) in [5.74, 6) is 1.06. The van der Waals surface area contributed by atoms with Gasteiger partial charge in [-0.3, -0.25) is 9.36 Å². The van der Waals surface area contributed by atoms with Crippen LogP contribution >= 0.6 is 38.9 Å². The van der Waals surface area contributed by atoms with E-state index in [4.69, 9.17) is 30.5 Å². The third kappa shape index (κ3) is 7.19. The number of ether oxygens (including phenoxy) is 4. The predicted octanol–water partition coefficient (Wildman–Crippen LogP) is 6.59. The molecule has 45 heavy (non-hydrogen) atoms. The summed E-state index contributed by atoms with van der Waals surface area (Å²) >= 11 is 11.0. The van der Waals surface area contributed by atoms with Crippen LogP contribution < -0.4 is 29.1 Å². The summed E-state index contributed by atoms with van der Waals surface area (Å²) in [7, 11) is 1.55. The molecule has 0 N–H and O–H groups in total. The molecule has 3 aromatic carbocycles. The van der Waals surface area contributed by atoms with Crippen molar-refractivity contribution in [3.05, 3.63) is 118 Å². The van der Waals surface area contributed by atoms with Crippen LogP contribution in [0.2, 0.25) is 5.02 Å². The fourth-order valence-electron chi connectivity index (χ4n) is 4.96. The lowest BCUT2D eigenvalue weighted by molar-refractivity contribution is -0.139. The lowest BCUT2D eigenvalue weighted by Crippen LogP contribution is -2.40. The van der Waals surface area contributed by atoms with Crippen LogP contribution in [0.3, 0.4) is 0 Å². The molecular weight excluding hydrogens is 680 g/mol. The number of aromatic nitrogens is 1. The number of benzene rings is 3. The second kappa shape index (κ2) is 14.1. The first kappa shape index (κ1) is 32.5. The Balaban J connectivity index is 1.63. The molecule has 11 heteroatoms. The van der Waals surface area contributed by atoms with E-state index in [0.29, 0.717) is 55.0 Å². The summed E-state index contributed by atoms with van der Waals surface area (Å²) < 4.78 is 26.0. The minimum Gasteiger partial charge on any atom is -0.493 e. The first-order chi connectivity index (χ1) is 21.6. The average Bonchev–Trinajstić information content (AvgIpc) is 3.30. The summed E-state index contributed by atoms with van der Waals surface area (Å²) in [6.45, 7) is 7.84. The van der Waals surface area contributed by atoms with Crippen LogP contribution in [0.15, 0.2) is 86.2 Å². The largest absolute Gasteiger partial charge is 0.493 e. The number of rotatable bonds is 10. The van der Waals surface area contributed by atoms with Gasteiger partial charge in [0.05, 0.1) is 41.7 Å². The van der Waals surface area contributed by atoms with Crippen molar-refractivity contribution in [3.63, 3.8) is 0 Å². The van der Waals surface area contributed by atoms with Gasteiger partial charge in [-0.15, -0.1) is 0 Å². The average molecular weight is 712 g/mol. The fourth-order valence-corrected chi connectivity index (χ4v) is 6.44. The van der Waals surface area contributed by atoms with Gasteiger partial charge in [0.25, 0.3) is 5.56 Å². The number of methoxy groups -OCH3 is 1. The summed E-state index contributed by atoms with van der Waals surface area (Å²) in [4.78, 5) is 32.6. The zero-order valence-electron chi connectivity index (χ0n) is 25.4. The number of hydrogen-bond donors (Lipinski definition) is 0. The number of fused-ring (bicyclic) bond motifs is 1. The van der Waals surface area contributed by atoms with Crippen molar-refractivity contribution >= 4 is 50.9 Å². The normalized spacial score (nSPS) is 14.7. The van der Waals surface area contributed by atoms with Crippen LogP contribution in [0, 0.1) is 0 Å². The molecular formula is C34H32BrClN2O6S. The van der Waals surface area contributed by atoms with E-state index in [1.807, 2.05) is 44.2 Å². The Morgan fingerprint density at radius 2 is 1.82 bits per heavy atom. The molecule has 0 spiro atoms. The lowest BCUT2D eigenvalue weighted by atomic mass is 9.95. The molecule has 1 aromatic heterocycles. The molecule has 5 rings (SSSR count). The standard InChI is InChI=1S/C34H32BrClN2O6S/c1-6-42-33(40)30-20(4)37-34-38(31(30)22-9-13-27(44-19(2)3)28(16-22)41-5)32(39)29(45-34)17-23-15-25(36)12-14-26(23)43-18-21-7-10-24(35)11-8-21/h7-17,19,31H,6,18H2,1-5H3/b29-17+/t31-/m1/s1. The molecule has 0 saturated carbocycles. The van der Waals surface area contributed by atoms with Gasteiger partial charge in [-0.2, -0.15) is 0 Å². The quantitative estimate of drug-likeness (QED) is 0.173. The Labute approximate surface area is 278 Å². The van der Waals surface area contributed by atoms with Crippen LogP contribution in [-0.2, 0) is 16.1 Å². The van der Waals surface area contributed by atoms with E-state index in [9.17, 15) is 9.59 Å². The highest BCUT2D eigenvalue weighted by Gasteiger charge is 2.34. The summed E-state index contributed by atoms with van der Waals surface area (Å²) in [5.41, 5.74) is 2.69. The highest BCUT2D eigenvalue weighted by atomic mass is 79.9. The van der Waals surface area contributed by atoms with Crippen molar-refractivity contribution in [2.45, 2.75) is 46.4 Å². The van der Waals surface area contributed by atoms with Gasteiger partial charge in [0.1, 0.15) is 12.4 Å². The van der Waals surface area contributed by atoms with Crippen molar-refractivity contribution < 1.29 is 23.7 Å². The summed E-state index contributed by atoms with van der Waals surface area (Å²) in [6.07, 6.45) is 1.67. The van der Waals surface area contributed by atoms with Gasteiger partial charge in [0, 0.05) is 15.1 Å². The summed E-state index contributed by atoms with van der Waals surface area (Å²) in [5, 5.41) is 0.499. The molecule has 1 atom stereocenters. The van der Waals surface area contributed by atoms with Gasteiger partial charge in [0.15, 0.2) is 16.3 Å². The van der Waals surface area contributed by atoms with Crippen LogP contribution in [0.1, 0.15) is 50.4 Å². The van der Waals surface area contributed by atoms with Crippen molar-refractivity contribution in [2.24, 2.45) is 4.99 Å². The van der Waals surface area contributed by atoms with Gasteiger partial charge in [-0.25, -0.2) is 9.79 Å². The maximum Gasteiger partial charge on any atom is 0.338 e. The van der Waals surface area contributed by atoms with Crippen LogP contribution in [-0.4, -0.2) is 30.4 Å². The highest BCUT2D eigenvalue weighted by Crippen LogP contribution is 2.36. The molecule has 0 aliphatic carbocycles. The third-order valence-corrected chi connectivity index (χ3v) is 8.70. The topological polar surface area (TPSA) is 88.4 Å². The van der Waals surface area contributed by atoms with Gasteiger partial charge in [-0.1, -0.05) is 57.1 Å². The van der Waals surface area contributed by atoms with Crippen molar-refractivity contribution in [1.82, 2.24) is 4.57 Å². The minimum atomic E-state index is -0.808. The van der Waals surface area contributed by atoms with E-state index in [2.05, 4.69) is 20.9 Å². The van der Waals surface area contributed by atoms with Gasteiger partial charge >= 0.3 is 5.97 Å².